The van der Waals surface area contributed by atoms with Gasteiger partial charge in [0.15, 0.2) is 5.84 Å². The number of nitrogens with zero attached hydrogens (tertiary/aromatic N) is 3. The number of fused-ring (bicyclic) bond motifs is 1. The maximum atomic E-state index is 10.4. The number of carbonyl (C=O) groups excluding carboxylic acids is 2. The van der Waals surface area contributed by atoms with Gasteiger partial charge in [-0.2, -0.15) is 0 Å². The number of rotatable bonds is 7. The largest absolute Gasteiger partial charge is 0.466 e. The van der Waals surface area contributed by atoms with Gasteiger partial charge in [0.1, 0.15) is 18.4 Å². The molecule has 0 radical (unpaired) electrons. The van der Waals surface area contributed by atoms with Gasteiger partial charge in [-0.1, -0.05) is 75.0 Å². The Bertz CT molecular complexity index is 1170. The van der Waals surface area contributed by atoms with Gasteiger partial charge in [0.25, 0.3) is 0 Å². The summed E-state index contributed by atoms with van der Waals surface area (Å²) in [5.41, 5.74) is 9.49. The van der Waals surface area contributed by atoms with Crippen molar-refractivity contribution in [3.63, 3.8) is 0 Å². The zero-order valence-electron chi connectivity index (χ0n) is 24.8. The molecule has 0 unspecified atom stereocenters. The zero-order chi connectivity index (χ0) is 31.0. The fraction of sp³-hybridized carbons (Fsp3) is 0.290. The first kappa shape index (κ1) is 36.1. The number of hydrogen-bond acceptors (Lipinski definition) is 9. The van der Waals surface area contributed by atoms with Crippen LogP contribution in [0.2, 0.25) is 0 Å². The molecule has 0 amide bonds. The lowest BCUT2D eigenvalue weighted by Crippen LogP contribution is -2.12. The van der Waals surface area contributed by atoms with E-state index in [4.69, 9.17) is 15.7 Å². The maximum Gasteiger partial charge on any atom is 0.305 e. The second-order valence-electron chi connectivity index (χ2n) is 7.96. The summed E-state index contributed by atoms with van der Waals surface area (Å²) in [7, 11) is 2.01. The van der Waals surface area contributed by atoms with Crippen LogP contribution in [0, 0.1) is 0 Å². The summed E-state index contributed by atoms with van der Waals surface area (Å²) in [6.07, 6.45) is 3.21. The summed E-state index contributed by atoms with van der Waals surface area (Å²) in [5.74, 6) is 1.85. The number of oxime groups is 1. The minimum Gasteiger partial charge on any atom is -0.466 e. The van der Waals surface area contributed by atoms with Gasteiger partial charge in [-0.3, -0.25) is 4.79 Å². The van der Waals surface area contributed by atoms with Crippen molar-refractivity contribution < 1.29 is 19.5 Å². The standard InChI is InChI=1S/C15H16N4.C7H8N2O.C6H12O2.C2H6.CH2O/c1-11-18-13-9-12(6-7-14(13)19(11)2)10-17-15-5-3-4-8-16-15;8-7(9-10)6-4-2-1-3-5-6;1-3-5-6(7)8-4-2;2*1-2/h3-9,18H,1,10H2,2H3,(H,16,17);1-5,10H,(H2,8,9);3-5H2,1-2H3;1-2H3;1H2. The Morgan fingerprint density at radius 3 is 2.32 bits per heavy atom. The van der Waals surface area contributed by atoms with Crippen LogP contribution in [0.3, 0.4) is 0 Å². The fourth-order valence-electron chi connectivity index (χ4n) is 3.23. The highest BCUT2D eigenvalue weighted by atomic mass is 16.5. The van der Waals surface area contributed by atoms with Gasteiger partial charge in [-0.05, 0) is 43.2 Å². The number of amidine groups is 1. The molecule has 0 fully saturated rings. The lowest BCUT2D eigenvalue weighted by molar-refractivity contribution is -0.143. The highest BCUT2D eigenvalue weighted by Crippen LogP contribution is 2.35. The molecule has 2 aromatic carbocycles. The molecule has 1 aliphatic heterocycles. The molecule has 0 spiro atoms. The van der Waals surface area contributed by atoms with E-state index in [2.05, 4.69) is 50.3 Å². The van der Waals surface area contributed by atoms with Crippen molar-refractivity contribution in [2.24, 2.45) is 10.9 Å². The topological polar surface area (TPSA) is 142 Å². The Hall–Kier alpha value is -4.86. The number of hydrogen-bond donors (Lipinski definition) is 4. The monoisotopic (exact) mass is 564 g/mol. The van der Waals surface area contributed by atoms with Crippen molar-refractivity contribution in [3.05, 3.63) is 96.5 Å². The third-order valence-corrected chi connectivity index (χ3v) is 5.18. The number of pyridine rings is 1. The summed E-state index contributed by atoms with van der Waals surface area (Å²) in [6, 6.07) is 21.3. The molecule has 5 N–H and O–H groups in total. The molecular weight excluding hydrogens is 520 g/mol. The smallest absolute Gasteiger partial charge is 0.305 e. The number of anilines is 3. The molecule has 3 aromatic rings. The molecule has 222 valence electrons. The molecule has 1 aromatic heterocycles. The minimum atomic E-state index is -0.0880. The zero-order valence-corrected chi connectivity index (χ0v) is 24.8. The van der Waals surface area contributed by atoms with Crippen LogP contribution in [0.25, 0.3) is 0 Å². The first-order valence-electron chi connectivity index (χ1n) is 13.3. The van der Waals surface area contributed by atoms with Crippen LogP contribution in [-0.2, 0) is 20.9 Å². The first-order chi connectivity index (χ1) is 19.9. The molecule has 0 saturated carbocycles. The van der Waals surface area contributed by atoms with E-state index in [0.29, 0.717) is 13.0 Å². The SMILES string of the molecule is C=C1Nc2cc(CNc3ccccn3)ccc2N1C.C=O.CC.CCCC(=O)OCC.N/C(=N\O)c1ccccc1. The summed E-state index contributed by atoms with van der Waals surface area (Å²) < 4.78 is 4.64. The van der Waals surface area contributed by atoms with Crippen molar-refractivity contribution in [3.8, 4) is 0 Å². The number of aromatic nitrogens is 1. The number of esters is 1. The van der Waals surface area contributed by atoms with E-state index in [1.54, 1.807) is 18.3 Å². The molecule has 1 aliphatic rings. The molecule has 0 atom stereocenters. The van der Waals surface area contributed by atoms with Gasteiger partial charge >= 0.3 is 5.97 Å². The average Bonchev–Trinajstić information content (AvgIpc) is 3.31. The van der Waals surface area contributed by atoms with Crippen molar-refractivity contribution >= 4 is 35.8 Å². The van der Waals surface area contributed by atoms with Crippen LogP contribution >= 0.6 is 0 Å². The van der Waals surface area contributed by atoms with E-state index in [-0.39, 0.29) is 11.8 Å². The molecule has 10 heteroatoms. The van der Waals surface area contributed by atoms with Crippen molar-refractivity contribution in [2.75, 3.05) is 29.2 Å². The van der Waals surface area contributed by atoms with E-state index >= 15 is 0 Å². The Morgan fingerprint density at radius 2 is 1.76 bits per heavy atom. The second-order valence-corrected chi connectivity index (χ2v) is 7.96. The van der Waals surface area contributed by atoms with Gasteiger partial charge in [0.2, 0.25) is 0 Å². The predicted molar refractivity (Wildman–Crippen MR) is 168 cm³/mol. The Morgan fingerprint density at radius 1 is 1.10 bits per heavy atom. The molecular formula is C31H44N6O4. The molecule has 0 aliphatic carbocycles. The normalized spacial score (nSPS) is 10.8. The van der Waals surface area contributed by atoms with Crippen LogP contribution in [0.1, 0.15) is 51.7 Å². The number of nitrogens with one attached hydrogen (secondary N) is 2. The Labute approximate surface area is 243 Å². The quantitative estimate of drug-likeness (QED) is 0.0893. The lowest BCUT2D eigenvalue weighted by atomic mass is 10.1. The van der Waals surface area contributed by atoms with Crippen molar-refractivity contribution in [1.29, 1.82) is 0 Å². The van der Waals surface area contributed by atoms with E-state index in [1.165, 1.54) is 5.56 Å². The van der Waals surface area contributed by atoms with Crippen LogP contribution in [0.4, 0.5) is 17.2 Å². The van der Waals surface area contributed by atoms with Crippen LogP contribution in [0.5, 0.6) is 0 Å². The fourth-order valence-corrected chi connectivity index (χ4v) is 3.23. The van der Waals surface area contributed by atoms with Crippen LogP contribution in [0.15, 0.2) is 90.5 Å². The highest BCUT2D eigenvalue weighted by Gasteiger charge is 2.18. The summed E-state index contributed by atoms with van der Waals surface area (Å²) in [6.45, 7) is 15.0. The summed E-state index contributed by atoms with van der Waals surface area (Å²) in [5, 5.41) is 17.7. The van der Waals surface area contributed by atoms with Crippen LogP contribution < -0.4 is 21.3 Å². The Balaban J connectivity index is 0.000000616. The third-order valence-electron chi connectivity index (χ3n) is 5.18. The minimum absolute atomic E-state index is 0.0880. The van der Waals surface area contributed by atoms with Gasteiger partial charge in [0, 0.05) is 31.8 Å². The van der Waals surface area contributed by atoms with E-state index in [9.17, 15) is 4.79 Å². The first-order valence-corrected chi connectivity index (χ1v) is 13.3. The van der Waals surface area contributed by atoms with E-state index < -0.39 is 0 Å². The maximum absolute atomic E-state index is 10.4. The third kappa shape index (κ3) is 13.7. The van der Waals surface area contributed by atoms with Crippen LogP contribution in [-0.4, -0.2) is 42.4 Å². The average molecular weight is 565 g/mol. The molecule has 41 heavy (non-hydrogen) atoms. The highest BCUT2D eigenvalue weighted by molar-refractivity contribution is 5.96. The molecule has 0 bridgehead atoms. The summed E-state index contributed by atoms with van der Waals surface area (Å²) in [4.78, 5) is 24.7. The lowest BCUT2D eigenvalue weighted by Gasteiger charge is -2.11. The van der Waals surface area contributed by atoms with Gasteiger partial charge in [0.05, 0.1) is 18.0 Å². The molecule has 10 nitrogen and oxygen atoms in total. The van der Waals surface area contributed by atoms with E-state index in [0.717, 1.165) is 41.5 Å². The molecule has 0 saturated heterocycles. The second kappa shape index (κ2) is 22.0. The predicted octanol–water partition coefficient (Wildman–Crippen LogP) is 6.00. The molecule has 4 rings (SSSR count). The van der Waals surface area contributed by atoms with Gasteiger partial charge < -0.3 is 36.0 Å². The number of carbonyl (C=O) groups is 2. The van der Waals surface area contributed by atoms with Crippen molar-refractivity contribution in [1.82, 2.24) is 4.98 Å². The number of benzene rings is 2. The van der Waals surface area contributed by atoms with Crippen molar-refractivity contribution in [2.45, 2.75) is 47.1 Å². The van der Waals surface area contributed by atoms with Gasteiger partial charge in [-0.15, -0.1) is 0 Å². The Kier molecular flexibility index (Phi) is 19.4. The van der Waals surface area contributed by atoms with Gasteiger partial charge in [-0.25, -0.2) is 4.98 Å². The summed E-state index contributed by atoms with van der Waals surface area (Å²) >= 11 is 0. The molecule has 2 heterocycles. The number of nitrogens with two attached hydrogens (primary N) is 1. The van der Waals surface area contributed by atoms with E-state index in [1.807, 2.05) is 82.8 Å². The number of ether oxygens (including phenoxy) is 1.